The number of ether oxygens (including phenoxy) is 1. The first-order valence-electron chi connectivity index (χ1n) is 4.30. The van der Waals surface area contributed by atoms with Gasteiger partial charge in [0.2, 0.25) is 0 Å². The summed E-state index contributed by atoms with van der Waals surface area (Å²) in [5.74, 6) is 0. The maximum absolute atomic E-state index is 5.37. The zero-order chi connectivity index (χ0) is 7.45. The standard InChI is InChI=1S/C6H11NO.C2H6/c1-2-6(7-4-1)3-5-8-6;1-2/h7H,1-5H2;1-2H3. The zero-order valence-corrected chi connectivity index (χ0v) is 6.94. The van der Waals surface area contributed by atoms with Crippen molar-refractivity contribution in [2.24, 2.45) is 0 Å². The molecule has 0 radical (unpaired) electrons. The summed E-state index contributed by atoms with van der Waals surface area (Å²) < 4.78 is 5.37. The van der Waals surface area contributed by atoms with Crippen molar-refractivity contribution in [3.8, 4) is 0 Å². The minimum atomic E-state index is 0.167. The Morgan fingerprint density at radius 2 is 2.00 bits per heavy atom. The molecule has 2 rings (SSSR count). The molecule has 2 saturated heterocycles. The highest BCUT2D eigenvalue weighted by atomic mass is 16.5. The fourth-order valence-corrected chi connectivity index (χ4v) is 1.46. The predicted octanol–water partition coefficient (Wildman–Crippen LogP) is 1.51. The van der Waals surface area contributed by atoms with Crippen molar-refractivity contribution in [3.05, 3.63) is 0 Å². The van der Waals surface area contributed by atoms with Crippen molar-refractivity contribution in [3.63, 3.8) is 0 Å². The highest BCUT2D eigenvalue weighted by Crippen LogP contribution is 2.31. The summed E-state index contributed by atoms with van der Waals surface area (Å²) in [4.78, 5) is 0. The highest BCUT2D eigenvalue weighted by Gasteiger charge is 2.40. The summed E-state index contributed by atoms with van der Waals surface area (Å²) in [6, 6.07) is 0. The molecule has 0 amide bonds. The maximum Gasteiger partial charge on any atom is 0.121 e. The van der Waals surface area contributed by atoms with Crippen molar-refractivity contribution in [2.75, 3.05) is 13.2 Å². The summed E-state index contributed by atoms with van der Waals surface area (Å²) in [6.07, 6.45) is 3.75. The van der Waals surface area contributed by atoms with Crippen molar-refractivity contribution in [2.45, 2.75) is 38.8 Å². The van der Waals surface area contributed by atoms with E-state index in [1.165, 1.54) is 19.3 Å². The lowest BCUT2D eigenvalue weighted by Gasteiger charge is -2.38. The fourth-order valence-electron chi connectivity index (χ4n) is 1.46. The van der Waals surface area contributed by atoms with E-state index in [-0.39, 0.29) is 5.72 Å². The van der Waals surface area contributed by atoms with E-state index in [2.05, 4.69) is 5.32 Å². The van der Waals surface area contributed by atoms with Gasteiger partial charge >= 0.3 is 0 Å². The molecule has 2 fully saturated rings. The van der Waals surface area contributed by atoms with Crippen LogP contribution in [-0.2, 0) is 4.74 Å². The molecule has 2 heterocycles. The van der Waals surface area contributed by atoms with Crippen LogP contribution in [0.4, 0.5) is 0 Å². The molecule has 0 aromatic rings. The monoisotopic (exact) mass is 143 g/mol. The number of rotatable bonds is 0. The Labute approximate surface area is 63.0 Å². The average Bonchev–Trinajstić information content (AvgIpc) is 2.38. The molecule has 60 valence electrons. The molecule has 10 heavy (non-hydrogen) atoms. The van der Waals surface area contributed by atoms with Gasteiger partial charge in [-0.1, -0.05) is 13.8 Å². The molecule has 2 nitrogen and oxygen atoms in total. The van der Waals surface area contributed by atoms with E-state index in [0.29, 0.717) is 0 Å². The Morgan fingerprint density at radius 3 is 2.20 bits per heavy atom. The topological polar surface area (TPSA) is 21.3 Å². The van der Waals surface area contributed by atoms with Crippen LogP contribution in [0.15, 0.2) is 0 Å². The highest BCUT2D eigenvalue weighted by molar-refractivity contribution is 4.89. The lowest BCUT2D eigenvalue weighted by Crippen LogP contribution is -2.51. The van der Waals surface area contributed by atoms with Crippen LogP contribution in [0.2, 0.25) is 0 Å². The van der Waals surface area contributed by atoms with Gasteiger partial charge in [-0.2, -0.15) is 0 Å². The molecular weight excluding hydrogens is 126 g/mol. The molecule has 2 aliphatic rings. The Kier molecular flexibility index (Phi) is 2.69. The summed E-state index contributed by atoms with van der Waals surface area (Å²) >= 11 is 0. The summed E-state index contributed by atoms with van der Waals surface area (Å²) in [5.41, 5.74) is 0.167. The minimum absolute atomic E-state index is 0.167. The lowest BCUT2D eigenvalue weighted by atomic mass is 10.0. The van der Waals surface area contributed by atoms with Crippen molar-refractivity contribution < 1.29 is 4.74 Å². The first-order chi connectivity index (χ1) is 4.91. The van der Waals surface area contributed by atoms with E-state index in [4.69, 9.17) is 4.74 Å². The van der Waals surface area contributed by atoms with Crippen molar-refractivity contribution in [1.82, 2.24) is 5.32 Å². The van der Waals surface area contributed by atoms with Crippen LogP contribution in [0.25, 0.3) is 0 Å². The minimum Gasteiger partial charge on any atom is -0.360 e. The third-order valence-corrected chi connectivity index (χ3v) is 2.09. The molecule has 2 heteroatoms. The van der Waals surface area contributed by atoms with Crippen LogP contribution in [0, 0.1) is 0 Å². The van der Waals surface area contributed by atoms with Gasteiger partial charge in [0, 0.05) is 6.42 Å². The van der Waals surface area contributed by atoms with Gasteiger partial charge in [-0.15, -0.1) is 0 Å². The largest absolute Gasteiger partial charge is 0.360 e. The Hall–Kier alpha value is -0.0800. The van der Waals surface area contributed by atoms with E-state index in [0.717, 1.165) is 13.2 Å². The fraction of sp³-hybridized carbons (Fsp3) is 1.00. The maximum atomic E-state index is 5.37. The van der Waals surface area contributed by atoms with Gasteiger partial charge < -0.3 is 4.74 Å². The molecule has 0 bridgehead atoms. The van der Waals surface area contributed by atoms with Gasteiger partial charge in [0.15, 0.2) is 0 Å². The van der Waals surface area contributed by atoms with Crippen LogP contribution in [0.1, 0.15) is 33.1 Å². The van der Waals surface area contributed by atoms with Gasteiger partial charge in [0.25, 0.3) is 0 Å². The Bertz CT molecular complexity index is 91.4. The van der Waals surface area contributed by atoms with E-state index >= 15 is 0 Å². The molecule has 0 aromatic carbocycles. The molecule has 0 aromatic heterocycles. The van der Waals surface area contributed by atoms with Crippen LogP contribution in [-0.4, -0.2) is 18.9 Å². The molecule has 1 unspecified atom stereocenters. The molecular formula is C8H17NO. The smallest absolute Gasteiger partial charge is 0.121 e. The quantitative estimate of drug-likeness (QED) is 0.555. The summed E-state index contributed by atoms with van der Waals surface area (Å²) in [5, 5.41) is 3.35. The second-order valence-electron chi connectivity index (χ2n) is 2.62. The third kappa shape index (κ3) is 1.32. The van der Waals surface area contributed by atoms with Crippen LogP contribution < -0.4 is 5.32 Å². The normalized spacial score (nSPS) is 36.6. The molecule has 0 aliphatic carbocycles. The van der Waals surface area contributed by atoms with E-state index in [9.17, 15) is 0 Å². The number of hydrogen-bond donors (Lipinski definition) is 1. The number of nitrogens with one attached hydrogen (secondary N) is 1. The van der Waals surface area contributed by atoms with Gasteiger partial charge in [-0.3, -0.25) is 5.32 Å². The SMILES string of the molecule is C1CNC2(C1)CCO2.CC. The van der Waals surface area contributed by atoms with Gasteiger partial charge in [-0.25, -0.2) is 0 Å². The van der Waals surface area contributed by atoms with Gasteiger partial charge in [0.05, 0.1) is 6.61 Å². The summed E-state index contributed by atoms with van der Waals surface area (Å²) in [7, 11) is 0. The average molecular weight is 143 g/mol. The zero-order valence-electron chi connectivity index (χ0n) is 6.94. The number of hydrogen-bond acceptors (Lipinski definition) is 2. The summed E-state index contributed by atoms with van der Waals surface area (Å²) in [6.45, 7) is 6.12. The van der Waals surface area contributed by atoms with Crippen LogP contribution >= 0.6 is 0 Å². The van der Waals surface area contributed by atoms with E-state index < -0.39 is 0 Å². The molecule has 2 aliphatic heterocycles. The van der Waals surface area contributed by atoms with Crippen molar-refractivity contribution in [1.29, 1.82) is 0 Å². The molecule has 1 spiro atoms. The molecule has 1 N–H and O–H groups in total. The Morgan fingerprint density at radius 1 is 1.30 bits per heavy atom. The second kappa shape index (κ2) is 3.35. The first-order valence-corrected chi connectivity index (χ1v) is 4.30. The predicted molar refractivity (Wildman–Crippen MR) is 41.9 cm³/mol. The van der Waals surface area contributed by atoms with Crippen LogP contribution in [0.3, 0.4) is 0 Å². The first kappa shape index (κ1) is 8.02. The molecule has 1 atom stereocenters. The third-order valence-electron chi connectivity index (χ3n) is 2.09. The van der Waals surface area contributed by atoms with Crippen LogP contribution in [0.5, 0.6) is 0 Å². The second-order valence-corrected chi connectivity index (χ2v) is 2.62. The lowest BCUT2D eigenvalue weighted by molar-refractivity contribution is -0.156. The van der Waals surface area contributed by atoms with Gasteiger partial charge in [0.1, 0.15) is 5.72 Å². The molecule has 0 saturated carbocycles. The van der Waals surface area contributed by atoms with E-state index in [1.54, 1.807) is 0 Å². The van der Waals surface area contributed by atoms with Gasteiger partial charge in [-0.05, 0) is 19.4 Å². The van der Waals surface area contributed by atoms with Crippen molar-refractivity contribution >= 4 is 0 Å². The van der Waals surface area contributed by atoms with E-state index in [1.807, 2.05) is 13.8 Å². The Balaban J connectivity index is 0.000000231.